The molecule has 2 aliphatic heterocycles. The number of methoxy groups -OCH3 is 1. The average molecular weight is 172 g/mol. The van der Waals surface area contributed by atoms with Gasteiger partial charge in [0.05, 0.1) is 19.3 Å². The van der Waals surface area contributed by atoms with Crippen molar-refractivity contribution in [2.45, 2.75) is 31.7 Å². The maximum Gasteiger partial charge on any atom is 0.120 e. The van der Waals surface area contributed by atoms with Crippen LogP contribution in [0.25, 0.3) is 0 Å². The first kappa shape index (κ1) is 8.48. The van der Waals surface area contributed by atoms with Crippen LogP contribution in [0.3, 0.4) is 0 Å². The van der Waals surface area contributed by atoms with Crippen LogP contribution >= 0.6 is 0 Å². The molecule has 2 rings (SSSR count). The Kier molecular flexibility index (Phi) is 1.90. The summed E-state index contributed by atoms with van der Waals surface area (Å²) in [5, 5.41) is 0. The Hall–Kier alpha value is -0.120. The van der Waals surface area contributed by atoms with E-state index in [1.807, 2.05) is 0 Å². The highest BCUT2D eigenvalue weighted by Gasteiger charge is 2.55. The highest BCUT2D eigenvalue weighted by atomic mass is 16.6. The zero-order chi connectivity index (χ0) is 8.77. The SMILES string of the molecule is COC1CO[C@@H]2[C@@H](C)CO[C@]12C. The molecule has 0 aromatic carbocycles. The van der Waals surface area contributed by atoms with Gasteiger partial charge in [-0.25, -0.2) is 0 Å². The molecule has 0 saturated carbocycles. The van der Waals surface area contributed by atoms with E-state index in [0.29, 0.717) is 12.5 Å². The van der Waals surface area contributed by atoms with E-state index in [2.05, 4.69) is 13.8 Å². The molecule has 0 radical (unpaired) electrons. The number of ether oxygens (including phenoxy) is 3. The second kappa shape index (κ2) is 2.69. The molecule has 0 spiro atoms. The number of hydrogen-bond acceptors (Lipinski definition) is 3. The summed E-state index contributed by atoms with van der Waals surface area (Å²) < 4.78 is 16.7. The van der Waals surface area contributed by atoms with Gasteiger partial charge in [-0.1, -0.05) is 6.92 Å². The van der Waals surface area contributed by atoms with Gasteiger partial charge in [0.1, 0.15) is 11.7 Å². The topological polar surface area (TPSA) is 27.7 Å². The minimum atomic E-state index is -0.200. The zero-order valence-electron chi connectivity index (χ0n) is 7.87. The molecule has 4 atom stereocenters. The van der Waals surface area contributed by atoms with Crippen LogP contribution in [0.5, 0.6) is 0 Å². The molecule has 0 aliphatic carbocycles. The van der Waals surface area contributed by atoms with Gasteiger partial charge in [0.15, 0.2) is 0 Å². The molecule has 12 heavy (non-hydrogen) atoms. The monoisotopic (exact) mass is 172 g/mol. The summed E-state index contributed by atoms with van der Waals surface area (Å²) in [4.78, 5) is 0. The molecule has 2 fully saturated rings. The van der Waals surface area contributed by atoms with E-state index < -0.39 is 0 Å². The van der Waals surface area contributed by atoms with Crippen LogP contribution in [0.1, 0.15) is 13.8 Å². The molecule has 3 heteroatoms. The van der Waals surface area contributed by atoms with Crippen molar-refractivity contribution in [2.75, 3.05) is 20.3 Å². The maximum atomic E-state index is 5.73. The van der Waals surface area contributed by atoms with Crippen LogP contribution < -0.4 is 0 Å². The molecule has 3 nitrogen and oxygen atoms in total. The highest BCUT2D eigenvalue weighted by molar-refractivity contribution is 5.03. The fourth-order valence-corrected chi connectivity index (χ4v) is 2.31. The third-order valence-corrected chi connectivity index (χ3v) is 3.09. The van der Waals surface area contributed by atoms with Gasteiger partial charge in [-0.2, -0.15) is 0 Å². The Labute approximate surface area is 73.0 Å². The lowest BCUT2D eigenvalue weighted by molar-refractivity contribution is -0.0773. The van der Waals surface area contributed by atoms with E-state index >= 15 is 0 Å². The molecule has 2 heterocycles. The van der Waals surface area contributed by atoms with E-state index in [0.717, 1.165) is 6.61 Å². The van der Waals surface area contributed by atoms with Gasteiger partial charge >= 0.3 is 0 Å². The summed E-state index contributed by atoms with van der Waals surface area (Å²) >= 11 is 0. The summed E-state index contributed by atoms with van der Waals surface area (Å²) in [6.07, 6.45) is 0.329. The standard InChI is InChI=1S/C9H16O3/c1-6-4-12-9(2)7(10-3)5-11-8(6)9/h6-8H,4-5H2,1-3H3/t6-,7?,8+,9+/m0/s1. The van der Waals surface area contributed by atoms with E-state index in [9.17, 15) is 0 Å². The molecular weight excluding hydrogens is 156 g/mol. The van der Waals surface area contributed by atoms with Crippen LogP contribution in [0, 0.1) is 5.92 Å². The summed E-state index contributed by atoms with van der Waals surface area (Å²) in [5.74, 6) is 0.496. The zero-order valence-corrected chi connectivity index (χ0v) is 7.87. The predicted octanol–water partition coefficient (Wildman–Crippen LogP) is 0.825. The first-order valence-electron chi connectivity index (χ1n) is 4.47. The van der Waals surface area contributed by atoms with Crippen molar-refractivity contribution in [3.8, 4) is 0 Å². The van der Waals surface area contributed by atoms with E-state index in [4.69, 9.17) is 14.2 Å². The van der Waals surface area contributed by atoms with Crippen molar-refractivity contribution in [3.05, 3.63) is 0 Å². The smallest absolute Gasteiger partial charge is 0.120 e. The van der Waals surface area contributed by atoms with Crippen molar-refractivity contribution in [1.29, 1.82) is 0 Å². The van der Waals surface area contributed by atoms with Gasteiger partial charge in [0.25, 0.3) is 0 Å². The summed E-state index contributed by atoms with van der Waals surface area (Å²) in [6, 6.07) is 0. The van der Waals surface area contributed by atoms with Crippen LogP contribution in [-0.4, -0.2) is 38.1 Å². The Morgan fingerprint density at radius 3 is 2.83 bits per heavy atom. The number of rotatable bonds is 1. The second-order valence-electron chi connectivity index (χ2n) is 3.95. The first-order valence-corrected chi connectivity index (χ1v) is 4.47. The molecule has 1 unspecified atom stereocenters. The van der Waals surface area contributed by atoms with Gasteiger partial charge in [-0.15, -0.1) is 0 Å². The normalized spacial score (nSPS) is 52.8. The number of fused-ring (bicyclic) bond motifs is 1. The molecule has 0 aromatic heterocycles. The van der Waals surface area contributed by atoms with E-state index in [-0.39, 0.29) is 17.8 Å². The third-order valence-electron chi connectivity index (χ3n) is 3.09. The molecule has 2 saturated heterocycles. The van der Waals surface area contributed by atoms with Gasteiger partial charge < -0.3 is 14.2 Å². The lowest BCUT2D eigenvalue weighted by Crippen LogP contribution is -2.43. The molecule has 0 amide bonds. The Morgan fingerprint density at radius 1 is 1.42 bits per heavy atom. The second-order valence-corrected chi connectivity index (χ2v) is 3.95. The fraction of sp³-hybridized carbons (Fsp3) is 1.00. The van der Waals surface area contributed by atoms with Crippen molar-refractivity contribution >= 4 is 0 Å². The predicted molar refractivity (Wildman–Crippen MR) is 44.1 cm³/mol. The Balaban J connectivity index is 2.19. The quantitative estimate of drug-likeness (QED) is 0.586. The molecule has 0 N–H and O–H groups in total. The van der Waals surface area contributed by atoms with E-state index in [1.54, 1.807) is 7.11 Å². The van der Waals surface area contributed by atoms with Gasteiger partial charge in [0, 0.05) is 13.0 Å². The van der Waals surface area contributed by atoms with Crippen molar-refractivity contribution < 1.29 is 14.2 Å². The van der Waals surface area contributed by atoms with Crippen molar-refractivity contribution in [2.24, 2.45) is 5.92 Å². The average Bonchev–Trinajstić information content (AvgIpc) is 2.50. The lowest BCUT2D eigenvalue weighted by atomic mass is 9.91. The Morgan fingerprint density at radius 2 is 2.17 bits per heavy atom. The van der Waals surface area contributed by atoms with Crippen LogP contribution in [-0.2, 0) is 14.2 Å². The minimum absolute atomic E-state index is 0.104. The van der Waals surface area contributed by atoms with Crippen LogP contribution in [0.15, 0.2) is 0 Å². The van der Waals surface area contributed by atoms with Gasteiger partial charge in [0.2, 0.25) is 0 Å². The molecule has 70 valence electrons. The Bertz CT molecular complexity index is 183. The molecule has 0 aromatic rings. The van der Waals surface area contributed by atoms with E-state index in [1.165, 1.54) is 0 Å². The number of hydrogen-bond donors (Lipinski definition) is 0. The summed E-state index contributed by atoms with van der Waals surface area (Å²) in [7, 11) is 1.72. The van der Waals surface area contributed by atoms with Gasteiger partial charge in [-0.05, 0) is 6.92 Å². The minimum Gasteiger partial charge on any atom is -0.376 e. The molecule has 0 bridgehead atoms. The third kappa shape index (κ3) is 0.934. The van der Waals surface area contributed by atoms with Crippen molar-refractivity contribution in [1.82, 2.24) is 0 Å². The maximum absolute atomic E-state index is 5.73. The van der Waals surface area contributed by atoms with Crippen LogP contribution in [0.4, 0.5) is 0 Å². The summed E-state index contributed by atoms with van der Waals surface area (Å²) in [6.45, 7) is 5.71. The largest absolute Gasteiger partial charge is 0.376 e. The van der Waals surface area contributed by atoms with Gasteiger partial charge in [-0.3, -0.25) is 0 Å². The molecular formula is C9H16O3. The highest BCUT2D eigenvalue weighted by Crippen LogP contribution is 2.41. The fourth-order valence-electron chi connectivity index (χ4n) is 2.31. The summed E-state index contributed by atoms with van der Waals surface area (Å²) in [5.41, 5.74) is -0.200. The molecule has 2 aliphatic rings. The lowest BCUT2D eigenvalue weighted by Gasteiger charge is -2.27. The van der Waals surface area contributed by atoms with Crippen molar-refractivity contribution in [3.63, 3.8) is 0 Å². The van der Waals surface area contributed by atoms with Crippen LogP contribution in [0.2, 0.25) is 0 Å². The first-order chi connectivity index (χ1) is 5.68.